The molecule has 130 valence electrons. The molecule has 2 amide bonds. The molecule has 0 aliphatic rings. The van der Waals surface area contributed by atoms with Crippen molar-refractivity contribution in [2.75, 3.05) is 5.32 Å². The third kappa shape index (κ3) is 5.86. The molecule has 1 aromatic carbocycles. The van der Waals surface area contributed by atoms with Crippen LogP contribution in [0.2, 0.25) is 0 Å². The number of carbonyl (C=O) groups is 2. The van der Waals surface area contributed by atoms with Crippen LogP contribution in [0, 0.1) is 11.6 Å². The van der Waals surface area contributed by atoms with Crippen LogP contribution in [0.4, 0.5) is 24.1 Å². The maximum Gasteiger partial charge on any atom is 0.511 e. The molecular weight excluding hydrogens is 338 g/mol. The Hall–Kier alpha value is -3.56. The molecule has 0 spiro atoms. The average molecular weight is 350 g/mol. The lowest BCUT2D eigenvalue weighted by molar-refractivity contribution is 0.144. The number of rotatable bonds is 5. The highest BCUT2D eigenvalue weighted by Crippen LogP contribution is 2.15. The van der Waals surface area contributed by atoms with Crippen molar-refractivity contribution >= 4 is 24.1 Å². The highest BCUT2D eigenvalue weighted by molar-refractivity contribution is 5.89. The van der Waals surface area contributed by atoms with E-state index < -0.39 is 23.8 Å². The van der Waals surface area contributed by atoms with Crippen molar-refractivity contribution in [3.63, 3.8) is 0 Å². The summed E-state index contributed by atoms with van der Waals surface area (Å²) in [4.78, 5) is 26.1. The van der Waals surface area contributed by atoms with Gasteiger partial charge in [0.25, 0.3) is 0 Å². The van der Waals surface area contributed by atoms with Crippen molar-refractivity contribution in [1.29, 1.82) is 0 Å². The first-order valence-corrected chi connectivity index (χ1v) is 6.83. The van der Waals surface area contributed by atoms with Crippen molar-refractivity contribution in [1.82, 2.24) is 10.4 Å². The number of pyridine rings is 1. The molecule has 1 heterocycles. The summed E-state index contributed by atoms with van der Waals surface area (Å²) in [6.07, 6.45) is 1.29. The standard InChI is InChI=1S/C15H12F2N4O4/c16-9-6-10(17)8-11(7-9)20-14(22)21-19-5-3-12-13(25-15(23)24)2-1-4-18-12/h1-2,4-8H,3H2,(H,23,24)(H2,20,21,22). The third-order valence-corrected chi connectivity index (χ3v) is 2.71. The predicted octanol–water partition coefficient (Wildman–Crippen LogP) is 2.77. The van der Waals surface area contributed by atoms with Crippen LogP contribution in [0.1, 0.15) is 5.69 Å². The van der Waals surface area contributed by atoms with Gasteiger partial charge >= 0.3 is 12.2 Å². The van der Waals surface area contributed by atoms with Gasteiger partial charge in [0.2, 0.25) is 0 Å². The highest BCUT2D eigenvalue weighted by atomic mass is 19.1. The second-order valence-corrected chi connectivity index (χ2v) is 4.56. The minimum Gasteiger partial charge on any atom is -0.449 e. The SMILES string of the molecule is O=C(NN=CCc1ncccc1OC(=O)O)Nc1cc(F)cc(F)c1. The Morgan fingerprint density at radius 1 is 1.28 bits per heavy atom. The van der Waals surface area contributed by atoms with Crippen molar-refractivity contribution in [3.8, 4) is 5.75 Å². The van der Waals surface area contributed by atoms with Crippen LogP contribution in [-0.2, 0) is 6.42 Å². The molecule has 25 heavy (non-hydrogen) atoms. The van der Waals surface area contributed by atoms with E-state index in [-0.39, 0.29) is 17.9 Å². The van der Waals surface area contributed by atoms with Gasteiger partial charge in [-0.15, -0.1) is 0 Å². The fourth-order valence-corrected chi connectivity index (χ4v) is 1.78. The number of hydrogen-bond acceptors (Lipinski definition) is 5. The van der Waals surface area contributed by atoms with Gasteiger partial charge in [0.05, 0.1) is 5.69 Å². The van der Waals surface area contributed by atoms with Crippen LogP contribution < -0.4 is 15.5 Å². The van der Waals surface area contributed by atoms with E-state index in [4.69, 9.17) is 5.11 Å². The number of amides is 2. The highest BCUT2D eigenvalue weighted by Gasteiger charge is 2.08. The van der Waals surface area contributed by atoms with E-state index in [9.17, 15) is 18.4 Å². The third-order valence-electron chi connectivity index (χ3n) is 2.71. The zero-order valence-corrected chi connectivity index (χ0v) is 12.6. The number of ether oxygens (including phenoxy) is 1. The monoisotopic (exact) mass is 350 g/mol. The number of carboxylic acid groups (broad SMARTS) is 1. The number of aromatic nitrogens is 1. The molecule has 8 nitrogen and oxygen atoms in total. The zero-order valence-electron chi connectivity index (χ0n) is 12.6. The largest absolute Gasteiger partial charge is 0.511 e. The second-order valence-electron chi connectivity index (χ2n) is 4.56. The molecule has 0 aliphatic heterocycles. The number of nitrogens with one attached hydrogen (secondary N) is 2. The quantitative estimate of drug-likeness (QED) is 0.436. The fraction of sp³-hybridized carbons (Fsp3) is 0.0667. The Kier molecular flexibility index (Phi) is 5.93. The summed E-state index contributed by atoms with van der Waals surface area (Å²) in [5.41, 5.74) is 2.31. The molecule has 3 N–H and O–H groups in total. The summed E-state index contributed by atoms with van der Waals surface area (Å²) in [5, 5.41) is 14.4. The Morgan fingerprint density at radius 2 is 2.00 bits per heavy atom. The minimum atomic E-state index is -1.48. The normalized spacial score (nSPS) is 10.5. The summed E-state index contributed by atoms with van der Waals surface area (Å²) in [6, 6.07) is 4.66. The maximum atomic E-state index is 13.0. The van der Waals surface area contributed by atoms with Crippen LogP contribution in [0.5, 0.6) is 5.75 Å². The lowest BCUT2D eigenvalue weighted by Gasteiger charge is -2.05. The smallest absolute Gasteiger partial charge is 0.449 e. The second kappa shape index (κ2) is 8.34. The molecule has 0 fully saturated rings. The number of benzene rings is 1. The van der Waals surface area contributed by atoms with Crippen LogP contribution in [-0.4, -0.2) is 28.5 Å². The zero-order chi connectivity index (χ0) is 18.2. The van der Waals surface area contributed by atoms with E-state index in [1.807, 2.05) is 0 Å². The van der Waals surface area contributed by atoms with E-state index in [1.165, 1.54) is 24.5 Å². The average Bonchev–Trinajstić information content (AvgIpc) is 2.51. The lowest BCUT2D eigenvalue weighted by atomic mass is 10.2. The summed E-state index contributed by atoms with van der Waals surface area (Å²) in [6.45, 7) is 0. The van der Waals surface area contributed by atoms with Gasteiger partial charge in [-0.3, -0.25) is 4.98 Å². The first-order chi connectivity index (χ1) is 11.9. The first-order valence-electron chi connectivity index (χ1n) is 6.83. The van der Waals surface area contributed by atoms with Gasteiger partial charge in [-0.05, 0) is 24.3 Å². The van der Waals surface area contributed by atoms with Gasteiger partial charge in [0.1, 0.15) is 11.6 Å². The molecule has 2 rings (SSSR count). The number of hydrazone groups is 1. The van der Waals surface area contributed by atoms with E-state index in [1.54, 1.807) is 0 Å². The molecule has 10 heteroatoms. The molecule has 1 aromatic heterocycles. The number of urea groups is 1. The van der Waals surface area contributed by atoms with Crippen LogP contribution in [0.3, 0.4) is 0 Å². The van der Waals surface area contributed by atoms with E-state index in [2.05, 4.69) is 25.6 Å². The van der Waals surface area contributed by atoms with Crippen LogP contribution in [0.25, 0.3) is 0 Å². The molecule has 0 bridgehead atoms. The molecule has 0 aliphatic carbocycles. The molecule has 0 atom stereocenters. The molecule has 0 saturated heterocycles. The Morgan fingerprint density at radius 3 is 2.68 bits per heavy atom. The van der Waals surface area contributed by atoms with Crippen LogP contribution >= 0.6 is 0 Å². The van der Waals surface area contributed by atoms with Gasteiger partial charge in [0, 0.05) is 30.6 Å². The van der Waals surface area contributed by atoms with Gasteiger partial charge in [-0.25, -0.2) is 23.8 Å². The van der Waals surface area contributed by atoms with E-state index in [0.29, 0.717) is 11.8 Å². The van der Waals surface area contributed by atoms with Gasteiger partial charge in [-0.1, -0.05) is 0 Å². The lowest BCUT2D eigenvalue weighted by Crippen LogP contribution is -2.24. The van der Waals surface area contributed by atoms with Crippen molar-refractivity contribution in [2.45, 2.75) is 6.42 Å². The van der Waals surface area contributed by atoms with Crippen molar-refractivity contribution in [3.05, 3.63) is 53.9 Å². The minimum absolute atomic E-state index is 0.0427. The van der Waals surface area contributed by atoms with E-state index in [0.717, 1.165) is 12.1 Å². The number of nitrogens with zero attached hydrogens (tertiary/aromatic N) is 2. The summed E-state index contributed by atoms with van der Waals surface area (Å²) in [7, 11) is 0. The van der Waals surface area contributed by atoms with Crippen molar-refractivity contribution < 1.29 is 28.2 Å². The van der Waals surface area contributed by atoms with Gasteiger partial charge in [0.15, 0.2) is 5.75 Å². The molecule has 0 saturated carbocycles. The maximum absolute atomic E-state index is 13.0. The van der Waals surface area contributed by atoms with Crippen LogP contribution in [0.15, 0.2) is 41.6 Å². The number of halogens is 2. The summed E-state index contributed by atoms with van der Waals surface area (Å²) < 4.78 is 30.5. The molecule has 2 aromatic rings. The molecule has 0 unspecified atom stereocenters. The first kappa shape index (κ1) is 17.8. The Balaban J connectivity index is 1.89. The molecule has 0 radical (unpaired) electrons. The Labute approximate surface area is 140 Å². The van der Waals surface area contributed by atoms with E-state index >= 15 is 0 Å². The summed E-state index contributed by atoms with van der Waals surface area (Å²) in [5.74, 6) is -1.62. The van der Waals surface area contributed by atoms with Crippen molar-refractivity contribution in [2.24, 2.45) is 5.10 Å². The number of carbonyl (C=O) groups excluding carboxylic acids is 1. The molecular formula is C15H12F2N4O4. The van der Waals surface area contributed by atoms with Gasteiger partial charge in [-0.2, -0.15) is 5.10 Å². The summed E-state index contributed by atoms with van der Waals surface area (Å²) >= 11 is 0. The topological polar surface area (TPSA) is 113 Å². The van der Waals surface area contributed by atoms with Gasteiger partial charge < -0.3 is 15.2 Å². The Bertz CT molecular complexity index is 794. The number of anilines is 1. The fourth-order valence-electron chi connectivity index (χ4n) is 1.78. The predicted molar refractivity (Wildman–Crippen MR) is 83.6 cm³/mol. The number of hydrogen-bond donors (Lipinski definition) is 3.